The summed E-state index contributed by atoms with van der Waals surface area (Å²) >= 11 is 2.10. The maximum Gasteiger partial charge on any atom is 0.00970 e. The van der Waals surface area contributed by atoms with Crippen LogP contribution in [0.3, 0.4) is 0 Å². The molecule has 52 valence electrons. The van der Waals surface area contributed by atoms with Crippen LogP contribution in [0.4, 0.5) is 0 Å². The Morgan fingerprint density at radius 3 is 2.33 bits per heavy atom. The van der Waals surface area contributed by atoms with Crippen molar-refractivity contribution >= 4 is 11.8 Å². The number of hydrogen-bond donors (Lipinski definition) is 0. The molecule has 2 heteroatoms. The summed E-state index contributed by atoms with van der Waals surface area (Å²) in [7, 11) is 0. The SMILES string of the molecule is C1CN(C2CC2)CCS1. The van der Waals surface area contributed by atoms with Gasteiger partial charge in [-0.2, -0.15) is 11.8 Å². The summed E-state index contributed by atoms with van der Waals surface area (Å²) in [5.74, 6) is 2.74. The van der Waals surface area contributed by atoms with Gasteiger partial charge in [-0.25, -0.2) is 0 Å². The van der Waals surface area contributed by atoms with Crippen LogP contribution >= 0.6 is 11.8 Å². The van der Waals surface area contributed by atoms with Crippen molar-refractivity contribution in [1.82, 2.24) is 4.90 Å². The van der Waals surface area contributed by atoms with Crippen LogP contribution in [0.5, 0.6) is 0 Å². The van der Waals surface area contributed by atoms with Gasteiger partial charge in [0.05, 0.1) is 0 Å². The van der Waals surface area contributed by atoms with E-state index >= 15 is 0 Å². The van der Waals surface area contributed by atoms with E-state index in [0.29, 0.717) is 0 Å². The number of thioether (sulfide) groups is 1. The van der Waals surface area contributed by atoms with Crippen molar-refractivity contribution in [3.63, 3.8) is 0 Å². The topological polar surface area (TPSA) is 3.24 Å². The first kappa shape index (κ1) is 6.05. The Kier molecular flexibility index (Phi) is 1.68. The second kappa shape index (κ2) is 2.51. The van der Waals surface area contributed by atoms with Gasteiger partial charge in [0.25, 0.3) is 0 Å². The molecule has 9 heavy (non-hydrogen) atoms. The van der Waals surface area contributed by atoms with E-state index in [0.717, 1.165) is 6.04 Å². The molecular weight excluding hydrogens is 130 g/mol. The summed E-state index contributed by atoms with van der Waals surface area (Å²) in [6, 6.07) is 1.01. The van der Waals surface area contributed by atoms with E-state index in [2.05, 4.69) is 16.7 Å². The van der Waals surface area contributed by atoms with E-state index in [4.69, 9.17) is 0 Å². The number of rotatable bonds is 1. The van der Waals surface area contributed by atoms with Gasteiger partial charge < -0.3 is 0 Å². The quantitative estimate of drug-likeness (QED) is 0.542. The summed E-state index contributed by atoms with van der Waals surface area (Å²) < 4.78 is 0. The molecule has 1 aliphatic carbocycles. The smallest absolute Gasteiger partial charge is 0.00970 e. The van der Waals surface area contributed by atoms with Crippen molar-refractivity contribution in [2.45, 2.75) is 18.9 Å². The third-order valence-corrected chi connectivity index (χ3v) is 3.05. The maximum atomic E-state index is 2.65. The average molecular weight is 143 g/mol. The Bertz CT molecular complexity index is 95.1. The minimum Gasteiger partial charge on any atom is -0.299 e. The van der Waals surface area contributed by atoms with Crippen molar-refractivity contribution in [3.05, 3.63) is 0 Å². The lowest BCUT2D eigenvalue weighted by molar-refractivity contribution is 0.292. The lowest BCUT2D eigenvalue weighted by Crippen LogP contribution is -2.34. The molecule has 1 saturated heterocycles. The Balaban J connectivity index is 1.80. The van der Waals surface area contributed by atoms with Crippen LogP contribution < -0.4 is 0 Å². The van der Waals surface area contributed by atoms with E-state index in [-0.39, 0.29) is 0 Å². The van der Waals surface area contributed by atoms with Crippen LogP contribution in [-0.2, 0) is 0 Å². The highest BCUT2D eigenvalue weighted by Crippen LogP contribution is 2.28. The monoisotopic (exact) mass is 143 g/mol. The molecule has 0 spiro atoms. The molecule has 0 amide bonds. The van der Waals surface area contributed by atoms with Gasteiger partial charge in [0, 0.05) is 30.6 Å². The Morgan fingerprint density at radius 2 is 1.78 bits per heavy atom. The summed E-state index contributed by atoms with van der Waals surface area (Å²) in [4.78, 5) is 2.65. The predicted octanol–water partition coefficient (Wildman–Crippen LogP) is 1.20. The van der Waals surface area contributed by atoms with E-state index in [1.165, 1.54) is 37.4 Å². The second-order valence-electron chi connectivity index (χ2n) is 2.88. The van der Waals surface area contributed by atoms with E-state index in [1.807, 2.05) is 0 Å². The highest BCUT2D eigenvalue weighted by molar-refractivity contribution is 7.99. The fourth-order valence-corrected chi connectivity index (χ4v) is 2.31. The van der Waals surface area contributed by atoms with Crippen molar-refractivity contribution in [2.75, 3.05) is 24.6 Å². The molecular formula is C7H13NS. The molecule has 0 aromatic heterocycles. The Labute approximate surface area is 60.8 Å². The molecule has 1 saturated carbocycles. The first-order chi connectivity index (χ1) is 4.47. The zero-order valence-electron chi connectivity index (χ0n) is 5.68. The third kappa shape index (κ3) is 1.41. The van der Waals surface area contributed by atoms with Gasteiger partial charge in [-0.15, -0.1) is 0 Å². The van der Waals surface area contributed by atoms with Gasteiger partial charge in [0.15, 0.2) is 0 Å². The fourth-order valence-electron chi connectivity index (χ4n) is 1.38. The molecule has 2 aliphatic rings. The van der Waals surface area contributed by atoms with Crippen LogP contribution in [0.15, 0.2) is 0 Å². The second-order valence-corrected chi connectivity index (χ2v) is 4.10. The molecule has 0 N–H and O–H groups in total. The van der Waals surface area contributed by atoms with Gasteiger partial charge in [-0.3, -0.25) is 4.90 Å². The Hall–Kier alpha value is 0.310. The average Bonchev–Trinajstić information content (AvgIpc) is 2.71. The van der Waals surface area contributed by atoms with Gasteiger partial charge >= 0.3 is 0 Å². The molecule has 2 rings (SSSR count). The van der Waals surface area contributed by atoms with Gasteiger partial charge in [-0.1, -0.05) is 0 Å². The van der Waals surface area contributed by atoms with Crippen molar-refractivity contribution < 1.29 is 0 Å². The van der Waals surface area contributed by atoms with Crippen LogP contribution in [0.25, 0.3) is 0 Å². The maximum absolute atomic E-state index is 2.65. The first-order valence-electron chi connectivity index (χ1n) is 3.78. The normalized spacial score (nSPS) is 30.7. The first-order valence-corrected chi connectivity index (χ1v) is 4.94. The summed E-state index contributed by atoms with van der Waals surface area (Å²) in [5, 5.41) is 0. The van der Waals surface area contributed by atoms with Crippen molar-refractivity contribution in [1.29, 1.82) is 0 Å². The number of hydrogen-bond acceptors (Lipinski definition) is 2. The lowest BCUT2D eigenvalue weighted by atomic mass is 10.5. The number of nitrogens with zero attached hydrogens (tertiary/aromatic N) is 1. The van der Waals surface area contributed by atoms with Crippen LogP contribution in [-0.4, -0.2) is 35.5 Å². The molecule has 1 heterocycles. The molecule has 2 fully saturated rings. The Morgan fingerprint density at radius 1 is 1.11 bits per heavy atom. The molecule has 0 atom stereocenters. The lowest BCUT2D eigenvalue weighted by Gasteiger charge is -2.25. The highest BCUT2D eigenvalue weighted by atomic mass is 32.2. The highest BCUT2D eigenvalue weighted by Gasteiger charge is 2.29. The van der Waals surface area contributed by atoms with Crippen LogP contribution in [0.1, 0.15) is 12.8 Å². The minimum absolute atomic E-state index is 1.01. The molecule has 0 aromatic carbocycles. The van der Waals surface area contributed by atoms with E-state index < -0.39 is 0 Å². The van der Waals surface area contributed by atoms with Crippen LogP contribution in [0.2, 0.25) is 0 Å². The predicted molar refractivity (Wildman–Crippen MR) is 41.9 cm³/mol. The van der Waals surface area contributed by atoms with Crippen molar-refractivity contribution in [2.24, 2.45) is 0 Å². The zero-order chi connectivity index (χ0) is 6.10. The summed E-state index contributed by atoms with van der Waals surface area (Å²) in [6.07, 6.45) is 2.95. The molecule has 0 unspecified atom stereocenters. The molecule has 0 bridgehead atoms. The molecule has 0 radical (unpaired) electrons. The standard InChI is InChI=1S/C7H13NS/c1-2-7(1)8-3-5-9-6-4-8/h7H,1-6H2. The van der Waals surface area contributed by atoms with Gasteiger partial charge in [0.2, 0.25) is 0 Å². The summed E-state index contributed by atoms with van der Waals surface area (Å²) in [6.45, 7) is 2.71. The molecule has 0 aromatic rings. The van der Waals surface area contributed by atoms with Crippen LogP contribution in [0, 0.1) is 0 Å². The summed E-state index contributed by atoms with van der Waals surface area (Å²) in [5.41, 5.74) is 0. The largest absolute Gasteiger partial charge is 0.299 e. The fraction of sp³-hybridized carbons (Fsp3) is 1.00. The van der Waals surface area contributed by atoms with E-state index in [1.54, 1.807) is 0 Å². The van der Waals surface area contributed by atoms with E-state index in [9.17, 15) is 0 Å². The zero-order valence-corrected chi connectivity index (χ0v) is 6.49. The van der Waals surface area contributed by atoms with Crippen molar-refractivity contribution in [3.8, 4) is 0 Å². The molecule has 1 nitrogen and oxygen atoms in total. The minimum atomic E-state index is 1.01. The third-order valence-electron chi connectivity index (χ3n) is 2.11. The molecule has 1 aliphatic heterocycles. The van der Waals surface area contributed by atoms with Gasteiger partial charge in [-0.05, 0) is 12.8 Å². The van der Waals surface area contributed by atoms with Gasteiger partial charge in [0.1, 0.15) is 0 Å².